The highest BCUT2D eigenvalue weighted by molar-refractivity contribution is 5.93. The first-order valence-electron chi connectivity index (χ1n) is 6.78. The van der Waals surface area contributed by atoms with Crippen molar-refractivity contribution in [3.63, 3.8) is 0 Å². The maximum absolute atomic E-state index is 11.9. The molecule has 0 aliphatic heterocycles. The van der Waals surface area contributed by atoms with E-state index in [-0.39, 0.29) is 5.91 Å². The first-order valence-corrected chi connectivity index (χ1v) is 6.78. The summed E-state index contributed by atoms with van der Waals surface area (Å²) in [7, 11) is 0. The molecule has 0 bridgehead atoms. The molecule has 0 fully saturated rings. The maximum Gasteiger partial charge on any atom is 0.254 e. The summed E-state index contributed by atoms with van der Waals surface area (Å²) >= 11 is 0. The van der Waals surface area contributed by atoms with E-state index in [1.165, 1.54) is 18.0 Å². The summed E-state index contributed by atoms with van der Waals surface area (Å²) in [6.07, 6.45) is 5.53. The van der Waals surface area contributed by atoms with Crippen LogP contribution >= 0.6 is 0 Å². The molecule has 1 aromatic heterocycles. The summed E-state index contributed by atoms with van der Waals surface area (Å²) in [5.74, 6) is 0.317. The third kappa shape index (κ3) is 4.72. The lowest BCUT2D eigenvalue weighted by Crippen LogP contribution is -2.26. The van der Waals surface area contributed by atoms with Crippen LogP contribution in [0.25, 0.3) is 0 Å². The Bertz CT molecular complexity index is 581. The number of carbonyl (C=O) groups is 1. The smallest absolute Gasteiger partial charge is 0.254 e. The van der Waals surface area contributed by atoms with Crippen molar-refractivity contribution >= 4 is 11.9 Å². The fourth-order valence-corrected chi connectivity index (χ4v) is 1.77. The highest BCUT2D eigenvalue weighted by Crippen LogP contribution is 2.01. The van der Waals surface area contributed by atoms with Crippen molar-refractivity contribution in [2.24, 2.45) is 0 Å². The van der Waals surface area contributed by atoms with E-state index in [0.29, 0.717) is 24.6 Å². The lowest BCUT2D eigenvalue weighted by Gasteiger charge is -2.06. The minimum atomic E-state index is -0.166. The lowest BCUT2D eigenvalue weighted by atomic mass is 10.1. The highest BCUT2D eigenvalue weighted by Gasteiger charge is 2.06. The average molecular weight is 282 g/mol. The SMILES string of the molecule is C=CCNc1ncc(C(=O)NCCc2ccccc2)cn1. The van der Waals surface area contributed by atoms with E-state index in [4.69, 9.17) is 0 Å². The topological polar surface area (TPSA) is 66.9 Å². The molecule has 0 aliphatic rings. The summed E-state index contributed by atoms with van der Waals surface area (Å²) in [6, 6.07) is 10.0. The van der Waals surface area contributed by atoms with Gasteiger partial charge in [0.15, 0.2) is 0 Å². The van der Waals surface area contributed by atoms with Crippen molar-refractivity contribution < 1.29 is 4.79 Å². The summed E-state index contributed by atoms with van der Waals surface area (Å²) in [5.41, 5.74) is 1.64. The first kappa shape index (κ1) is 14.7. The van der Waals surface area contributed by atoms with Gasteiger partial charge in [0.1, 0.15) is 0 Å². The quantitative estimate of drug-likeness (QED) is 0.763. The second-order valence-corrected chi connectivity index (χ2v) is 4.46. The van der Waals surface area contributed by atoms with Gasteiger partial charge < -0.3 is 10.6 Å². The third-order valence-electron chi connectivity index (χ3n) is 2.86. The van der Waals surface area contributed by atoms with E-state index in [0.717, 1.165) is 6.42 Å². The van der Waals surface area contributed by atoms with Crippen LogP contribution in [-0.4, -0.2) is 29.0 Å². The molecule has 5 heteroatoms. The molecule has 2 N–H and O–H groups in total. The highest BCUT2D eigenvalue weighted by atomic mass is 16.1. The van der Waals surface area contributed by atoms with Gasteiger partial charge in [-0.05, 0) is 12.0 Å². The standard InChI is InChI=1S/C16H18N4O/c1-2-9-18-16-19-11-14(12-20-16)15(21)17-10-8-13-6-4-3-5-7-13/h2-7,11-12H,1,8-10H2,(H,17,21)(H,18,19,20). The molecular formula is C16H18N4O. The Morgan fingerprint density at radius 3 is 2.57 bits per heavy atom. The third-order valence-corrected chi connectivity index (χ3v) is 2.86. The first-order chi connectivity index (χ1) is 10.3. The van der Waals surface area contributed by atoms with E-state index >= 15 is 0 Å². The molecule has 0 spiro atoms. The molecule has 108 valence electrons. The molecule has 0 saturated heterocycles. The summed E-state index contributed by atoms with van der Waals surface area (Å²) in [4.78, 5) is 20.1. The molecule has 0 unspecified atom stereocenters. The predicted octanol–water partition coefficient (Wildman–Crippen LogP) is 2.05. The van der Waals surface area contributed by atoms with Gasteiger partial charge in [0.25, 0.3) is 5.91 Å². The number of nitrogens with one attached hydrogen (secondary N) is 2. The number of hydrogen-bond donors (Lipinski definition) is 2. The molecule has 2 aromatic rings. The van der Waals surface area contributed by atoms with Crippen molar-refractivity contribution in [3.05, 3.63) is 66.5 Å². The lowest BCUT2D eigenvalue weighted by molar-refractivity contribution is 0.0953. The van der Waals surface area contributed by atoms with Crippen LogP contribution < -0.4 is 10.6 Å². The van der Waals surface area contributed by atoms with E-state index in [2.05, 4.69) is 27.2 Å². The summed E-state index contributed by atoms with van der Waals surface area (Å²) in [6.45, 7) is 4.77. The van der Waals surface area contributed by atoms with E-state index in [1.807, 2.05) is 30.3 Å². The van der Waals surface area contributed by atoms with Crippen LogP contribution in [0.3, 0.4) is 0 Å². The van der Waals surface area contributed by atoms with Gasteiger partial charge in [-0.25, -0.2) is 9.97 Å². The molecular weight excluding hydrogens is 264 g/mol. The number of rotatable bonds is 7. The minimum absolute atomic E-state index is 0.166. The number of hydrogen-bond acceptors (Lipinski definition) is 4. The van der Waals surface area contributed by atoms with Gasteiger partial charge in [-0.3, -0.25) is 4.79 Å². The maximum atomic E-state index is 11.9. The molecule has 21 heavy (non-hydrogen) atoms. The molecule has 0 atom stereocenters. The normalized spacial score (nSPS) is 9.90. The monoisotopic (exact) mass is 282 g/mol. The predicted molar refractivity (Wildman–Crippen MR) is 83.2 cm³/mol. The van der Waals surface area contributed by atoms with Crippen molar-refractivity contribution in [3.8, 4) is 0 Å². The zero-order valence-corrected chi connectivity index (χ0v) is 11.7. The van der Waals surface area contributed by atoms with E-state index in [9.17, 15) is 4.79 Å². The molecule has 2 rings (SSSR count). The Morgan fingerprint density at radius 2 is 1.90 bits per heavy atom. The summed E-state index contributed by atoms with van der Waals surface area (Å²) in [5, 5.41) is 5.81. The van der Waals surface area contributed by atoms with Crippen molar-refractivity contribution in [2.45, 2.75) is 6.42 Å². The van der Waals surface area contributed by atoms with E-state index < -0.39 is 0 Å². The molecule has 1 heterocycles. The molecule has 1 aromatic carbocycles. The fourth-order valence-electron chi connectivity index (χ4n) is 1.77. The second kappa shape index (κ2) is 7.79. The number of anilines is 1. The number of carbonyl (C=O) groups excluding carboxylic acids is 1. The van der Waals surface area contributed by atoms with Crippen LogP contribution in [0.15, 0.2) is 55.4 Å². The van der Waals surface area contributed by atoms with Crippen LogP contribution in [0.4, 0.5) is 5.95 Å². The van der Waals surface area contributed by atoms with Crippen LogP contribution in [0.1, 0.15) is 15.9 Å². The zero-order valence-electron chi connectivity index (χ0n) is 11.7. The van der Waals surface area contributed by atoms with E-state index in [1.54, 1.807) is 6.08 Å². The van der Waals surface area contributed by atoms with Gasteiger partial charge in [0, 0.05) is 25.5 Å². The van der Waals surface area contributed by atoms with Crippen molar-refractivity contribution in [2.75, 3.05) is 18.4 Å². The van der Waals surface area contributed by atoms with Gasteiger partial charge >= 0.3 is 0 Å². The zero-order chi connectivity index (χ0) is 14.9. The Hall–Kier alpha value is -2.69. The van der Waals surface area contributed by atoms with Gasteiger partial charge in [0.2, 0.25) is 5.95 Å². The second-order valence-electron chi connectivity index (χ2n) is 4.46. The van der Waals surface area contributed by atoms with Gasteiger partial charge in [-0.15, -0.1) is 6.58 Å². The number of amides is 1. The molecule has 1 amide bonds. The van der Waals surface area contributed by atoms with Crippen LogP contribution in [0, 0.1) is 0 Å². The average Bonchev–Trinajstić information content (AvgIpc) is 2.54. The number of benzene rings is 1. The minimum Gasteiger partial charge on any atom is -0.352 e. The molecule has 5 nitrogen and oxygen atoms in total. The Morgan fingerprint density at radius 1 is 1.19 bits per heavy atom. The number of aromatic nitrogens is 2. The molecule has 0 aliphatic carbocycles. The molecule has 0 saturated carbocycles. The van der Waals surface area contributed by atoms with Gasteiger partial charge in [-0.2, -0.15) is 0 Å². The Kier molecular flexibility index (Phi) is 5.46. The largest absolute Gasteiger partial charge is 0.352 e. The molecule has 0 radical (unpaired) electrons. The van der Waals surface area contributed by atoms with Crippen molar-refractivity contribution in [1.29, 1.82) is 0 Å². The van der Waals surface area contributed by atoms with Crippen LogP contribution in [0.2, 0.25) is 0 Å². The Labute approximate surface area is 124 Å². The number of nitrogens with zero attached hydrogens (tertiary/aromatic N) is 2. The van der Waals surface area contributed by atoms with Gasteiger partial charge in [0.05, 0.1) is 5.56 Å². The summed E-state index contributed by atoms with van der Waals surface area (Å²) < 4.78 is 0. The van der Waals surface area contributed by atoms with Crippen LogP contribution in [0.5, 0.6) is 0 Å². The van der Waals surface area contributed by atoms with Gasteiger partial charge in [-0.1, -0.05) is 36.4 Å². The fraction of sp³-hybridized carbons (Fsp3) is 0.188. The van der Waals surface area contributed by atoms with Crippen LogP contribution in [-0.2, 0) is 6.42 Å². The van der Waals surface area contributed by atoms with Crippen molar-refractivity contribution in [1.82, 2.24) is 15.3 Å². The Balaban J connectivity index is 1.81.